The van der Waals surface area contributed by atoms with Crippen molar-refractivity contribution in [2.24, 2.45) is 0 Å². The number of phenols is 1. The van der Waals surface area contributed by atoms with Gasteiger partial charge in [-0.15, -0.1) is 0 Å². The van der Waals surface area contributed by atoms with Crippen molar-refractivity contribution in [2.75, 3.05) is 14.2 Å². The first-order valence-electron chi connectivity index (χ1n) is 7.21. The van der Waals surface area contributed by atoms with Crippen LogP contribution >= 0.6 is 0 Å². The monoisotopic (exact) mass is 309 g/mol. The summed E-state index contributed by atoms with van der Waals surface area (Å²) in [4.78, 5) is 4.48. The normalized spacial score (nSPS) is 18.7. The number of aliphatic hydroxyl groups is 1. The average Bonchev–Trinajstić information content (AvgIpc) is 2.77. The van der Waals surface area contributed by atoms with Crippen LogP contribution in [0.25, 0.3) is 16.3 Å². The lowest BCUT2D eigenvalue weighted by Gasteiger charge is -2.17. The van der Waals surface area contributed by atoms with Crippen molar-refractivity contribution in [1.29, 1.82) is 0 Å². The number of aliphatic hydroxyl groups excluding tert-OH is 1. The van der Waals surface area contributed by atoms with Crippen molar-refractivity contribution in [3.63, 3.8) is 0 Å². The van der Waals surface area contributed by atoms with E-state index in [1.165, 1.54) is 14.2 Å². The van der Waals surface area contributed by atoms with E-state index in [0.717, 1.165) is 22.0 Å². The molecule has 2 aliphatic rings. The third kappa shape index (κ3) is 1.70. The summed E-state index contributed by atoms with van der Waals surface area (Å²) in [5, 5.41) is 22.8. The van der Waals surface area contributed by atoms with Crippen LogP contribution in [0.2, 0.25) is 0 Å². The van der Waals surface area contributed by atoms with Gasteiger partial charge in [-0.05, 0) is 29.2 Å². The predicted molar refractivity (Wildman–Crippen MR) is 86.5 cm³/mol. The first kappa shape index (κ1) is 13.7. The quantitative estimate of drug-likeness (QED) is 0.889. The second-order valence-electron chi connectivity index (χ2n) is 5.47. The van der Waals surface area contributed by atoms with Gasteiger partial charge in [-0.1, -0.05) is 12.2 Å². The number of phenolic OH excluding ortho intramolecular Hbond substituents is 1. The van der Waals surface area contributed by atoms with E-state index in [4.69, 9.17) is 9.47 Å². The predicted octanol–water partition coefficient (Wildman–Crippen LogP) is 3.42. The highest BCUT2D eigenvalue weighted by Crippen LogP contribution is 2.55. The summed E-state index contributed by atoms with van der Waals surface area (Å²) in [7, 11) is 3.01. The van der Waals surface area contributed by atoms with Gasteiger partial charge in [-0.2, -0.15) is 0 Å². The van der Waals surface area contributed by atoms with E-state index in [0.29, 0.717) is 17.1 Å². The molecule has 5 heteroatoms. The molecule has 1 unspecified atom stereocenters. The Morgan fingerprint density at radius 3 is 2.74 bits per heavy atom. The van der Waals surface area contributed by atoms with Crippen LogP contribution in [0.4, 0.5) is 0 Å². The summed E-state index contributed by atoms with van der Waals surface area (Å²) in [6.45, 7) is 0. The smallest absolute Gasteiger partial charge is 0.165 e. The Hall–Kier alpha value is -2.95. The zero-order valence-electron chi connectivity index (χ0n) is 12.7. The first-order chi connectivity index (χ1) is 11.2. The molecule has 2 N–H and O–H groups in total. The van der Waals surface area contributed by atoms with Crippen LogP contribution in [0.1, 0.15) is 17.2 Å². The Kier molecular flexibility index (Phi) is 2.84. The van der Waals surface area contributed by atoms with E-state index in [1.807, 2.05) is 18.2 Å². The highest BCUT2D eigenvalue weighted by Gasteiger charge is 2.39. The van der Waals surface area contributed by atoms with E-state index in [1.54, 1.807) is 18.3 Å². The molecular weight excluding hydrogens is 294 g/mol. The van der Waals surface area contributed by atoms with Gasteiger partial charge in [0.1, 0.15) is 5.76 Å². The summed E-state index contributed by atoms with van der Waals surface area (Å²) >= 11 is 0. The molecule has 23 heavy (non-hydrogen) atoms. The molecule has 0 fully saturated rings. The van der Waals surface area contributed by atoms with Crippen molar-refractivity contribution < 1.29 is 19.7 Å². The summed E-state index contributed by atoms with van der Waals surface area (Å²) < 4.78 is 10.7. The van der Waals surface area contributed by atoms with Gasteiger partial charge in [0.2, 0.25) is 0 Å². The van der Waals surface area contributed by atoms with Gasteiger partial charge in [0.25, 0.3) is 0 Å². The van der Waals surface area contributed by atoms with Crippen molar-refractivity contribution >= 4 is 16.3 Å². The van der Waals surface area contributed by atoms with Crippen molar-refractivity contribution in [3.8, 4) is 11.5 Å². The number of benzene rings is 1. The van der Waals surface area contributed by atoms with Crippen LogP contribution in [0.15, 0.2) is 48.1 Å². The third-order valence-corrected chi connectivity index (χ3v) is 4.37. The Balaban J connectivity index is 2.15. The fourth-order valence-electron chi connectivity index (χ4n) is 3.44. The van der Waals surface area contributed by atoms with E-state index in [2.05, 4.69) is 4.98 Å². The highest BCUT2D eigenvalue weighted by atomic mass is 16.5. The maximum Gasteiger partial charge on any atom is 0.165 e. The maximum absolute atomic E-state index is 10.8. The topological polar surface area (TPSA) is 71.8 Å². The number of hydrogen-bond acceptors (Lipinski definition) is 5. The van der Waals surface area contributed by atoms with Crippen molar-refractivity contribution in [2.45, 2.75) is 5.92 Å². The molecule has 1 aromatic carbocycles. The molecule has 2 aliphatic carbocycles. The van der Waals surface area contributed by atoms with Crippen LogP contribution in [0.3, 0.4) is 0 Å². The minimum atomic E-state index is -0.477. The summed E-state index contributed by atoms with van der Waals surface area (Å²) in [6, 6.07) is 3.49. The molecule has 0 saturated carbocycles. The molecule has 4 rings (SSSR count). The summed E-state index contributed by atoms with van der Waals surface area (Å²) in [5.74, 6) is 0.374. The molecule has 0 aliphatic heterocycles. The number of allylic oxidation sites excluding steroid dienone is 4. The standard InChI is InChI=1S/C18H15NO4/c1-22-12-5-3-4-10-14(17(12)21)15-13-9(6-7-19-16(10)13)8-11(20)18(15)23-2/h3-8,14,20-21H,1-2H3. The van der Waals surface area contributed by atoms with Gasteiger partial charge in [-0.3, -0.25) is 4.98 Å². The number of aromatic nitrogens is 1. The Morgan fingerprint density at radius 2 is 2.00 bits per heavy atom. The number of ether oxygens (including phenoxy) is 2. The van der Waals surface area contributed by atoms with E-state index in [9.17, 15) is 10.2 Å². The molecule has 1 heterocycles. The Bertz CT molecular complexity index is 924. The largest absolute Gasteiger partial charge is 0.507 e. The number of pyridine rings is 1. The second kappa shape index (κ2) is 4.78. The summed E-state index contributed by atoms with van der Waals surface area (Å²) in [5.41, 5.74) is 2.36. The fraction of sp³-hybridized carbons (Fsp3) is 0.167. The highest BCUT2D eigenvalue weighted by molar-refractivity contribution is 6.05. The molecule has 0 amide bonds. The van der Waals surface area contributed by atoms with Crippen LogP contribution < -0.4 is 4.74 Å². The molecular formula is C18H15NO4. The molecule has 1 aromatic heterocycles. The SMILES string of the molecule is COC1=C(O)C2C(=CC=C1)c1nccc3cc(O)c(OC)c2c13. The van der Waals surface area contributed by atoms with Gasteiger partial charge >= 0.3 is 0 Å². The minimum absolute atomic E-state index is 0.0392. The number of nitrogens with zero attached hydrogens (tertiary/aromatic N) is 1. The molecule has 116 valence electrons. The third-order valence-electron chi connectivity index (χ3n) is 4.37. The minimum Gasteiger partial charge on any atom is -0.507 e. The zero-order valence-corrected chi connectivity index (χ0v) is 12.7. The molecule has 0 radical (unpaired) electrons. The van der Waals surface area contributed by atoms with Gasteiger partial charge in [-0.25, -0.2) is 0 Å². The maximum atomic E-state index is 10.8. The van der Waals surface area contributed by atoms with Gasteiger partial charge < -0.3 is 19.7 Å². The van der Waals surface area contributed by atoms with E-state index >= 15 is 0 Å². The number of methoxy groups -OCH3 is 2. The molecule has 5 nitrogen and oxygen atoms in total. The van der Waals surface area contributed by atoms with E-state index < -0.39 is 5.92 Å². The lowest BCUT2D eigenvalue weighted by Crippen LogP contribution is -2.05. The van der Waals surface area contributed by atoms with Crippen LogP contribution in [-0.4, -0.2) is 29.4 Å². The first-order valence-corrected chi connectivity index (χ1v) is 7.21. The fourth-order valence-corrected chi connectivity index (χ4v) is 3.44. The number of hydrogen-bond donors (Lipinski definition) is 2. The molecule has 2 aromatic rings. The van der Waals surface area contributed by atoms with Crippen LogP contribution in [0.5, 0.6) is 11.5 Å². The second-order valence-corrected chi connectivity index (χ2v) is 5.47. The zero-order chi connectivity index (χ0) is 16.1. The molecule has 0 saturated heterocycles. The van der Waals surface area contributed by atoms with Gasteiger partial charge in [0.15, 0.2) is 17.3 Å². The average molecular weight is 309 g/mol. The molecule has 0 spiro atoms. The summed E-state index contributed by atoms with van der Waals surface area (Å²) in [6.07, 6.45) is 7.13. The number of fused-ring (bicyclic) bond motifs is 3. The van der Waals surface area contributed by atoms with Gasteiger partial charge in [0, 0.05) is 17.1 Å². The Labute approximate surface area is 132 Å². The van der Waals surface area contributed by atoms with Crippen LogP contribution in [-0.2, 0) is 4.74 Å². The van der Waals surface area contributed by atoms with E-state index in [-0.39, 0.29) is 11.5 Å². The van der Waals surface area contributed by atoms with Crippen molar-refractivity contribution in [1.82, 2.24) is 4.98 Å². The molecule has 1 atom stereocenters. The number of aromatic hydroxyl groups is 1. The Morgan fingerprint density at radius 1 is 1.17 bits per heavy atom. The number of rotatable bonds is 2. The van der Waals surface area contributed by atoms with Crippen molar-refractivity contribution in [3.05, 3.63) is 59.3 Å². The lowest BCUT2D eigenvalue weighted by molar-refractivity contribution is 0.261. The van der Waals surface area contributed by atoms with Crippen LogP contribution in [0, 0.1) is 0 Å². The molecule has 0 bridgehead atoms. The van der Waals surface area contributed by atoms with Gasteiger partial charge in [0.05, 0.1) is 25.8 Å². The lowest BCUT2D eigenvalue weighted by atomic mass is 9.93.